The van der Waals surface area contributed by atoms with Crippen LogP contribution in [0.1, 0.15) is 30.9 Å². The summed E-state index contributed by atoms with van der Waals surface area (Å²) >= 11 is 0. The van der Waals surface area contributed by atoms with E-state index in [0.717, 1.165) is 16.7 Å². The van der Waals surface area contributed by atoms with E-state index in [4.69, 9.17) is 14.2 Å². The van der Waals surface area contributed by atoms with E-state index in [1.54, 1.807) is 20.3 Å². The van der Waals surface area contributed by atoms with Gasteiger partial charge in [0.2, 0.25) is 0 Å². The van der Waals surface area contributed by atoms with Gasteiger partial charge in [-0.05, 0) is 48.4 Å². The Balaban J connectivity index is 1.78. The van der Waals surface area contributed by atoms with Crippen molar-refractivity contribution in [2.45, 2.75) is 38.5 Å². The molecule has 2 aromatic carbocycles. The highest BCUT2D eigenvalue weighted by atomic mass is 16.5. The van der Waals surface area contributed by atoms with Crippen LogP contribution in [0.4, 0.5) is 0 Å². The van der Waals surface area contributed by atoms with Gasteiger partial charge in [0.25, 0.3) is 0 Å². The second kappa shape index (κ2) is 10.3. The third-order valence-electron chi connectivity index (χ3n) is 5.11. The first kappa shape index (κ1) is 21.9. The predicted octanol–water partition coefficient (Wildman–Crippen LogP) is 3.37. The van der Waals surface area contributed by atoms with Gasteiger partial charge in [-0.25, -0.2) is 0 Å². The van der Waals surface area contributed by atoms with Gasteiger partial charge in [0, 0.05) is 18.4 Å². The largest absolute Gasteiger partial charge is 0.493 e. The molecule has 2 unspecified atom stereocenters. The molecule has 0 bridgehead atoms. The molecule has 0 saturated carbocycles. The summed E-state index contributed by atoms with van der Waals surface area (Å²) in [6, 6.07) is 13.2. The van der Waals surface area contributed by atoms with Crippen molar-refractivity contribution in [2.24, 2.45) is 0 Å². The quantitative estimate of drug-likeness (QED) is 0.584. The summed E-state index contributed by atoms with van der Waals surface area (Å²) in [5.74, 6) is 2.04. The number of ether oxygens (including phenoxy) is 3. The van der Waals surface area contributed by atoms with Crippen molar-refractivity contribution in [3.63, 3.8) is 0 Å². The highest BCUT2D eigenvalue weighted by Gasteiger charge is 2.24. The van der Waals surface area contributed by atoms with Gasteiger partial charge in [-0.3, -0.25) is 10.1 Å². The highest BCUT2D eigenvalue weighted by molar-refractivity contribution is 6.02. The molecule has 0 radical (unpaired) electrons. The van der Waals surface area contributed by atoms with Crippen LogP contribution in [-0.4, -0.2) is 44.0 Å². The first-order valence-corrected chi connectivity index (χ1v) is 10.2. The average Bonchev–Trinajstić information content (AvgIpc) is 3.19. The lowest BCUT2D eigenvalue weighted by Crippen LogP contribution is -2.45. The first-order chi connectivity index (χ1) is 14.5. The molecule has 0 spiro atoms. The number of aliphatic hydroxyl groups is 1. The maximum absolute atomic E-state index is 11.7. The van der Waals surface area contributed by atoms with E-state index in [-0.39, 0.29) is 5.78 Å². The van der Waals surface area contributed by atoms with E-state index < -0.39 is 12.3 Å². The topological polar surface area (TPSA) is 77.0 Å². The van der Waals surface area contributed by atoms with Gasteiger partial charge in [0.15, 0.2) is 23.5 Å². The Morgan fingerprint density at radius 3 is 2.47 bits per heavy atom. The molecule has 160 valence electrons. The number of ketones is 1. The molecule has 2 aromatic rings. The molecule has 30 heavy (non-hydrogen) atoms. The molecule has 6 heteroatoms. The number of rotatable bonds is 10. The molecule has 3 rings (SSSR count). The second-order valence-electron chi connectivity index (χ2n) is 7.19. The number of para-hydroxylation sites is 1. The van der Waals surface area contributed by atoms with Crippen LogP contribution in [0.2, 0.25) is 0 Å². The van der Waals surface area contributed by atoms with Crippen LogP contribution in [-0.2, 0) is 11.2 Å². The maximum atomic E-state index is 11.7. The van der Waals surface area contributed by atoms with Gasteiger partial charge in [-0.2, -0.15) is 0 Å². The van der Waals surface area contributed by atoms with Crippen LogP contribution in [0.5, 0.6) is 17.2 Å². The molecule has 0 aliphatic heterocycles. The summed E-state index contributed by atoms with van der Waals surface area (Å²) in [4.78, 5) is 11.7. The van der Waals surface area contributed by atoms with Gasteiger partial charge in [0.05, 0.1) is 14.2 Å². The molecule has 0 aromatic heterocycles. The summed E-state index contributed by atoms with van der Waals surface area (Å²) in [5.41, 5.74) is 2.77. The molecular formula is C24H29NO5. The van der Waals surface area contributed by atoms with Crippen molar-refractivity contribution in [3.8, 4) is 17.2 Å². The monoisotopic (exact) mass is 411 g/mol. The van der Waals surface area contributed by atoms with Crippen molar-refractivity contribution in [1.29, 1.82) is 0 Å². The Morgan fingerprint density at radius 2 is 1.80 bits per heavy atom. The Morgan fingerprint density at radius 1 is 1.03 bits per heavy atom. The van der Waals surface area contributed by atoms with Crippen molar-refractivity contribution < 1.29 is 24.1 Å². The normalized spacial score (nSPS) is 15.5. The minimum atomic E-state index is -0.796. The Hall–Kier alpha value is -2.83. The molecule has 0 amide bonds. The van der Waals surface area contributed by atoms with Gasteiger partial charge in [-0.15, -0.1) is 0 Å². The Labute approximate surface area is 177 Å². The molecule has 1 aliphatic carbocycles. The van der Waals surface area contributed by atoms with E-state index >= 15 is 0 Å². The van der Waals surface area contributed by atoms with Crippen molar-refractivity contribution in [1.82, 2.24) is 5.32 Å². The minimum absolute atomic E-state index is 0.136. The zero-order valence-corrected chi connectivity index (χ0v) is 17.7. The number of carbonyl (C=O) groups excluding carboxylic acids is 1. The average molecular weight is 411 g/mol. The lowest BCUT2D eigenvalue weighted by molar-refractivity contribution is -0.114. The summed E-state index contributed by atoms with van der Waals surface area (Å²) in [6.45, 7) is 2.60. The molecule has 2 N–H and O–H groups in total. The molecule has 2 atom stereocenters. The number of hydrogen-bond donors (Lipinski definition) is 2. The van der Waals surface area contributed by atoms with E-state index in [0.29, 0.717) is 43.1 Å². The molecule has 1 aliphatic rings. The minimum Gasteiger partial charge on any atom is -0.493 e. The number of nitrogens with one attached hydrogen (secondary N) is 1. The first-order valence-electron chi connectivity index (χ1n) is 10.2. The van der Waals surface area contributed by atoms with Gasteiger partial charge in [-0.1, -0.05) is 31.2 Å². The van der Waals surface area contributed by atoms with Crippen LogP contribution in [0.3, 0.4) is 0 Å². The van der Waals surface area contributed by atoms with Crippen LogP contribution < -0.4 is 19.5 Å². The zero-order valence-electron chi connectivity index (χ0n) is 17.7. The van der Waals surface area contributed by atoms with E-state index in [1.807, 2.05) is 49.4 Å². The van der Waals surface area contributed by atoms with Crippen molar-refractivity contribution >= 4 is 11.4 Å². The lowest BCUT2D eigenvalue weighted by atomic mass is 10.0. The standard InChI is InChI=1S/C24H29NO5/c1-4-25-24(20(27)13-16-9-12-22(28-2)23(14-16)29-3)30-21-8-6-5-7-19(21)17-10-11-18(26)15-17/h5-9,12,14-15,20,24-25,27H,4,10-11,13H2,1-3H3. The predicted molar refractivity (Wildman–Crippen MR) is 116 cm³/mol. The zero-order chi connectivity index (χ0) is 21.5. The third kappa shape index (κ3) is 5.20. The van der Waals surface area contributed by atoms with Crippen LogP contribution in [0.15, 0.2) is 48.5 Å². The van der Waals surface area contributed by atoms with Gasteiger partial charge < -0.3 is 19.3 Å². The molecule has 0 saturated heterocycles. The number of benzene rings is 2. The van der Waals surface area contributed by atoms with Gasteiger partial charge in [0.1, 0.15) is 11.9 Å². The van der Waals surface area contributed by atoms with Crippen LogP contribution >= 0.6 is 0 Å². The SMILES string of the molecule is CCNC(Oc1ccccc1C1=CC(=O)CC1)C(O)Cc1ccc(OC)c(OC)c1. The number of carbonyl (C=O) groups is 1. The van der Waals surface area contributed by atoms with E-state index in [9.17, 15) is 9.90 Å². The molecular weight excluding hydrogens is 382 g/mol. The lowest BCUT2D eigenvalue weighted by Gasteiger charge is -2.26. The van der Waals surface area contributed by atoms with Crippen LogP contribution in [0, 0.1) is 0 Å². The smallest absolute Gasteiger partial charge is 0.176 e. The number of aliphatic hydroxyl groups excluding tert-OH is 1. The highest BCUT2D eigenvalue weighted by Crippen LogP contribution is 2.33. The Kier molecular flexibility index (Phi) is 7.49. The number of methoxy groups -OCH3 is 2. The fourth-order valence-electron chi connectivity index (χ4n) is 3.59. The van der Waals surface area contributed by atoms with E-state index in [2.05, 4.69) is 5.32 Å². The second-order valence-corrected chi connectivity index (χ2v) is 7.19. The molecule has 0 heterocycles. The molecule has 6 nitrogen and oxygen atoms in total. The fourth-order valence-corrected chi connectivity index (χ4v) is 3.59. The number of hydrogen-bond acceptors (Lipinski definition) is 6. The van der Waals surface area contributed by atoms with Gasteiger partial charge >= 0.3 is 0 Å². The van der Waals surface area contributed by atoms with E-state index in [1.165, 1.54) is 0 Å². The summed E-state index contributed by atoms with van der Waals surface area (Å²) in [5, 5.41) is 14.1. The summed E-state index contributed by atoms with van der Waals surface area (Å²) in [6.07, 6.45) is 1.89. The maximum Gasteiger partial charge on any atom is 0.176 e. The number of allylic oxidation sites excluding steroid dienone is 2. The summed E-state index contributed by atoms with van der Waals surface area (Å²) in [7, 11) is 3.17. The fraction of sp³-hybridized carbons (Fsp3) is 0.375. The van der Waals surface area contributed by atoms with Crippen molar-refractivity contribution in [3.05, 3.63) is 59.7 Å². The molecule has 0 fully saturated rings. The Bertz CT molecular complexity index is 908. The van der Waals surface area contributed by atoms with Crippen molar-refractivity contribution in [2.75, 3.05) is 20.8 Å². The number of likely N-dealkylation sites (N-methyl/N-ethyl adjacent to an activating group) is 1. The third-order valence-corrected chi connectivity index (χ3v) is 5.11. The van der Waals surface area contributed by atoms with Crippen LogP contribution in [0.25, 0.3) is 5.57 Å². The summed E-state index contributed by atoms with van der Waals surface area (Å²) < 4.78 is 16.8.